The predicted molar refractivity (Wildman–Crippen MR) is 144 cm³/mol. The van der Waals surface area contributed by atoms with Gasteiger partial charge in [0.15, 0.2) is 5.43 Å². The first-order chi connectivity index (χ1) is 17.3. The molecule has 182 valence electrons. The molecule has 2 aromatic heterocycles. The van der Waals surface area contributed by atoms with Gasteiger partial charge in [-0.1, -0.05) is 18.2 Å². The Morgan fingerprint density at radius 3 is 2.64 bits per heavy atom. The van der Waals surface area contributed by atoms with Crippen LogP contribution < -0.4 is 16.1 Å². The van der Waals surface area contributed by atoms with Crippen molar-refractivity contribution in [3.63, 3.8) is 0 Å². The van der Waals surface area contributed by atoms with Crippen molar-refractivity contribution < 1.29 is 9.21 Å². The van der Waals surface area contributed by atoms with E-state index in [4.69, 9.17) is 4.42 Å². The number of rotatable bonds is 5. The van der Waals surface area contributed by atoms with Gasteiger partial charge in [0.05, 0.1) is 22.5 Å². The average Bonchev–Trinajstić information content (AvgIpc) is 3.25. The van der Waals surface area contributed by atoms with Crippen LogP contribution in [0.25, 0.3) is 33.2 Å². The molecule has 0 radical (unpaired) electrons. The Labute approximate surface area is 208 Å². The first kappa shape index (κ1) is 23.4. The van der Waals surface area contributed by atoms with Crippen molar-refractivity contribution >= 4 is 33.5 Å². The number of aromatic nitrogens is 2. The summed E-state index contributed by atoms with van der Waals surface area (Å²) in [4.78, 5) is 25.9. The van der Waals surface area contributed by atoms with Gasteiger partial charge in [-0.05, 0) is 62.7 Å². The van der Waals surface area contributed by atoms with Crippen LogP contribution in [-0.2, 0) is 7.05 Å². The number of para-hydroxylation sites is 1. The van der Waals surface area contributed by atoms with Crippen molar-refractivity contribution in [2.75, 3.05) is 12.4 Å². The number of fused-ring (bicyclic) bond motifs is 2. The van der Waals surface area contributed by atoms with Crippen LogP contribution in [0.1, 0.15) is 40.0 Å². The Morgan fingerprint density at radius 2 is 1.86 bits per heavy atom. The normalized spacial score (nSPS) is 12.1. The maximum atomic E-state index is 13.5. The quantitative estimate of drug-likeness (QED) is 0.347. The summed E-state index contributed by atoms with van der Waals surface area (Å²) in [5.41, 5.74) is 5.81. The van der Waals surface area contributed by atoms with Gasteiger partial charge in [-0.2, -0.15) is 5.10 Å². The lowest BCUT2D eigenvalue weighted by Gasteiger charge is -2.20. The molecule has 36 heavy (non-hydrogen) atoms. The first-order valence-corrected chi connectivity index (χ1v) is 11.9. The number of carbonyl (C=O) groups excluding carboxylic acids is 1. The third-order valence-electron chi connectivity index (χ3n) is 6.51. The van der Waals surface area contributed by atoms with Gasteiger partial charge in [-0.3, -0.25) is 14.3 Å². The molecule has 0 spiro atoms. The van der Waals surface area contributed by atoms with Gasteiger partial charge in [-0.15, -0.1) is 0 Å². The Bertz CT molecular complexity index is 1700. The summed E-state index contributed by atoms with van der Waals surface area (Å²) in [6.45, 7) is 5.76. The van der Waals surface area contributed by atoms with E-state index in [1.54, 1.807) is 24.7 Å². The van der Waals surface area contributed by atoms with Crippen LogP contribution in [0.3, 0.4) is 0 Å². The average molecular weight is 481 g/mol. The molecular formula is C29H28N4O3. The van der Waals surface area contributed by atoms with Crippen molar-refractivity contribution in [2.45, 2.75) is 26.8 Å². The Kier molecular flexibility index (Phi) is 5.84. The summed E-state index contributed by atoms with van der Waals surface area (Å²) >= 11 is 0. The molecule has 7 heteroatoms. The molecule has 0 fully saturated rings. The van der Waals surface area contributed by atoms with Gasteiger partial charge in [0.1, 0.15) is 11.3 Å². The molecule has 3 aromatic carbocycles. The van der Waals surface area contributed by atoms with Crippen LogP contribution >= 0.6 is 0 Å². The van der Waals surface area contributed by atoms with E-state index in [2.05, 4.69) is 15.7 Å². The summed E-state index contributed by atoms with van der Waals surface area (Å²) in [5.74, 6) is 0.371. The summed E-state index contributed by atoms with van der Waals surface area (Å²) in [7, 11) is 3.49. The number of hydrogen-bond donors (Lipinski definition) is 2. The molecule has 0 saturated heterocycles. The number of nitrogens with zero attached hydrogens (tertiary/aromatic N) is 2. The van der Waals surface area contributed by atoms with Crippen LogP contribution in [0.2, 0.25) is 0 Å². The van der Waals surface area contributed by atoms with E-state index in [0.717, 1.165) is 27.6 Å². The van der Waals surface area contributed by atoms with Crippen LogP contribution in [-0.4, -0.2) is 22.7 Å². The standard InChI is InChI=1S/C29H28N4O3/c1-16-12-22(18(3)31-25-9-7-6-8-21(25)29(35)30-4)28-23(13-16)26(34)17(2)27(36-28)19-10-11-24-20(14-19)15-33(5)32-24/h6-15,18,31H,1-5H3,(H,30,35). The lowest BCUT2D eigenvalue weighted by molar-refractivity contribution is 0.0964. The van der Waals surface area contributed by atoms with E-state index < -0.39 is 0 Å². The summed E-state index contributed by atoms with van der Waals surface area (Å²) in [6, 6.07) is 16.9. The van der Waals surface area contributed by atoms with Crippen LogP contribution in [0.15, 0.2) is 70.0 Å². The molecule has 0 bridgehead atoms. The molecule has 7 nitrogen and oxygen atoms in total. The molecule has 5 rings (SSSR count). The van der Waals surface area contributed by atoms with Gasteiger partial charge < -0.3 is 15.1 Å². The summed E-state index contributed by atoms with van der Waals surface area (Å²) in [6.07, 6.45) is 1.94. The van der Waals surface area contributed by atoms with Crippen LogP contribution in [0.4, 0.5) is 5.69 Å². The van der Waals surface area contributed by atoms with Gasteiger partial charge in [0.2, 0.25) is 0 Å². The number of carbonyl (C=O) groups is 1. The van der Waals surface area contributed by atoms with Crippen molar-refractivity contribution in [1.82, 2.24) is 15.1 Å². The molecule has 1 atom stereocenters. The lowest BCUT2D eigenvalue weighted by Crippen LogP contribution is -2.20. The highest BCUT2D eigenvalue weighted by Gasteiger charge is 2.20. The maximum Gasteiger partial charge on any atom is 0.253 e. The first-order valence-electron chi connectivity index (χ1n) is 11.9. The van der Waals surface area contributed by atoms with Gasteiger partial charge in [0, 0.05) is 48.1 Å². The second-order valence-electron chi connectivity index (χ2n) is 9.18. The van der Waals surface area contributed by atoms with E-state index in [1.807, 2.05) is 75.6 Å². The zero-order chi connectivity index (χ0) is 25.6. The highest BCUT2D eigenvalue weighted by Crippen LogP contribution is 2.33. The van der Waals surface area contributed by atoms with E-state index in [1.165, 1.54) is 0 Å². The fourth-order valence-corrected chi connectivity index (χ4v) is 4.71. The number of anilines is 1. The fraction of sp³-hybridized carbons (Fsp3) is 0.207. The Morgan fingerprint density at radius 1 is 1.08 bits per heavy atom. The molecule has 5 aromatic rings. The molecule has 1 unspecified atom stereocenters. The Hall–Kier alpha value is -4.39. The molecule has 2 heterocycles. The molecule has 0 aliphatic rings. The highest BCUT2D eigenvalue weighted by molar-refractivity contribution is 5.99. The molecule has 1 amide bonds. The molecule has 0 aliphatic carbocycles. The molecule has 2 N–H and O–H groups in total. The van der Waals surface area contributed by atoms with Crippen LogP contribution in [0.5, 0.6) is 0 Å². The van der Waals surface area contributed by atoms with E-state index in [-0.39, 0.29) is 17.4 Å². The minimum Gasteiger partial charge on any atom is -0.455 e. The second-order valence-corrected chi connectivity index (χ2v) is 9.18. The van der Waals surface area contributed by atoms with E-state index >= 15 is 0 Å². The third kappa shape index (κ3) is 4.02. The molecule has 0 aliphatic heterocycles. The monoisotopic (exact) mass is 480 g/mol. The number of amides is 1. The largest absolute Gasteiger partial charge is 0.455 e. The third-order valence-corrected chi connectivity index (χ3v) is 6.51. The molecular weight excluding hydrogens is 452 g/mol. The molecule has 0 saturated carbocycles. The van der Waals surface area contributed by atoms with Crippen molar-refractivity contribution in [2.24, 2.45) is 7.05 Å². The van der Waals surface area contributed by atoms with Crippen molar-refractivity contribution in [3.05, 3.63) is 93.3 Å². The maximum absolute atomic E-state index is 13.5. The second kappa shape index (κ2) is 9.00. The van der Waals surface area contributed by atoms with E-state index in [9.17, 15) is 9.59 Å². The SMILES string of the molecule is CNC(=O)c1ccccc1NC(C)c1cc(C)cc2c(=O)c(C)c(-c3ccc4nn(C)cc4c3)oc12. The van der Waals surface area contributed by atoms with Crippen molar-refractivity contribution in [1.29, 1.82) is 0 Å². The van der Waals surface area contributed by atoms with Gasteiger partial charge in [-0.25, -0.2) is 0 Å². The zero-order valence-corrected chi connectivity index (χ0v) is 21.0. The van der Waals surface area contributed by atoms with Crippen LogP contribution in [0, 0.1) is 13.8 Å². The number of hydrogen-bond acceptors (Lipinski definition) is 5. The predicted octanol–water partition coefficient (Wildman–Crippen LogP) is 5.50. The zero-order valence-electron chi connectivity index (χ0n) is 21.0. The Balaban J connectivity index is 1.66. The number of aryl methyl sites for hydroxylation is 2. The highest BCUT2D eigenvalue weighted by atomic mass is 16.3. The summed E-state index contributed by atoms with van der Waals surface area (Å²) in [5, 5.41) is 12.1. The van der Waals surface area contributed by atoms with E-state index in [0.29, 0.717) is 33.5 Å². The topological polar surface area (TPSA) is 89.2 Å². The fourth-order valence-electron chi connectivity index (χ4n) is 4.71. The van der Waals surface area contributed by atoms with Crippen molar-refractivity contribution in [3.8, 4) is 11.3 Å². The summed E-state index contributed by atoms with van der Waals surface area (Å²) < 4.78 is 8.28. The number of benzene rings is 3. The number of nitrogens with one attached hydrogen (secondary N) is 2. The lowest BCUT2D eigenvalue weighted by atomic mass is 9.98. The van der Waals surface area contributed by atoms with Gasteiger partial charge >= 0.3 is 0 Å². The van der Waals surface area contributed by atoms with Gasteiger partial charge in [0.25, 0.3) is 5.91 Å². The minimum atomic E-state index is -0.238. The smallest absolute Gasteiger partial charge is 0.253 e. The minimum absolute atomic E-state index is 0.0551.